The number of amides is 2. The van der Waals surface area contributed by atoms with E-state index in [2.05, 4.69) is 10.6 Å². The molecule has 0 bridgehead atoms. The molecule has 2 amide bonds. The summed E-state index contributed by atoms with van der Waals surface area (Å²) in [5.74, 6) is -1.55. The van der Waals surface area contributed by atoms with Gasteiger partial charge in [0.05, 0.1) is 22.6 Å². The minimum Gasteiger partial charge on any atom is -0.478 e. The number of nitrogens with one attached hydrogen (secondary N) is 2. The van der Waals surface area contributed by atoms with Gasteiger partial charge < -0.3 is 20.2 Å². The van der Waals surface area contributed by atoms with Crippen LogP contribution in [0.25, 0.3) is 0 Å². The van der Waals surface area contributed by atoms with Crippen LogP contribution in [-0.4, -0.2) is 28.6 Å². The van der Waals surface area contributed by atoms with E-state index in [0.29, 0.717) is 11.4 Å². The van der Waals surface area contributed by atoms with Crippen molar-refractivity contribution in [3.05, 3.63) is 77.2 Å². The SMILES string of the molecule is O=C(CSc1cccc(NC(=O)c2ccco2)c1)Nc1ccc(Cl)c(C(=O)O)c1. The number of halogens is 1. The fraction of sp³-hybridized carbons (Fsp3) is 0.0500. The number of carboxylic acids is 1. The first-order valence-corrected chi connectivity index (χ1v) is 9.69. The van der Waals surface area contributed by atoms with Crippen LogP contribution in [0.4, 0.5) is 11.4 Å². The molecule has 0 fully saturated rings. The second kappa shape index (κ2) is 9.31. The number of rotatable bonds is 7. The third-order valence-electron chi connectivity index (χ3n) is 3.69. The second-order valence-corrected chi connectivity index (χ2v) is 7.25. The monoisotopic (exact) mass is 430 g/mol. The summed E-state index contributed by atoms with van der Waals surface area (Å²) in [5.41, 5.74) is 0.828. The van der Waals surface area contributed by atoms with Crippen LogP contribution in [0.3, 0.4) is 0 Å². The van der Waals surface area contributed by atoms with E-state index in [1.807, 2.05) is 6.07 Å². The van der Waals surface area contributed by atoms with Crippen LogP contribution >= 0.6 is 23.4 Å². The topological polar surface area (TPSA) is 109 Å². The maximum atomic E-state index is 12.2. The Morgan fingerprint density at radius 1 is 1.00 bits per heavy atom. The van der Waals surface area contributed by atoms with E-state index >= 15 is 0 Å². The van der Waals surface area contributed by atoms with E-state index in [0.717, 1.165) is 4.90 Å². The molecule has 9 heteroatoms. The summed E-state index contributed by atoms with van der Waals surface area (Å²) in [6, 6.07) is 14.5. The van der Waals surface area contributed by atoms with Gasteiger partial charge in [0, 0.05) is 16.3 Å². The lowest BCUT2D eigenvalue weighted by molar-refractivity contribution is -0.113. The van der Waals surface area contributed by atoms with Crippen LogP contribution in [0.15, 0.2) is 70.2 Å². The number of hydrogen-bond acceptors (Lipinski definition) is 5. The van der Waals surface area contributed by atoms with E-state index in [-0.39, 0.29) is 33.9 Å². The number of carbonyl (C=O) groups excluding carboxylic acids is 2. The molecule has 0 saturated carbocycles. The van der Waals surface area contributed by atoms with Gasteiger partial charge in [-0.25, -0.2) is 4.79 Å². The van der Waals surface area contributed by atoms with Crippen LogP contribution < -0.4 is 10.6 Å². The normalized spacial score (nSPS) is 10.4. The van der Waals surface area contributed by atoms with Crippen LogP contribution in [0.2, 0.25) is 5.02 Å². The van der Waals surface area contributed by atoms with E-state index in [9.17, 15) is 14.4 Å². The van der Waals surface area contributed by atoms with Crippen molar-refractivity contribution in [3.8, 4) is 0 Å². The number of furan rings is 1. The lowest BCUT2D eigenvalue weighted by Gasteiger charge is -2.08. The Balaban J connectivity index is 1.57. The van der Waals surface area contributed by atoms with E-state index in [1.165, 1.54) is 36.2 Å². The van der Waals surface area contributed by atoms with E-state index in [4.69, 9.17) is 21.1 Å². The Labute approximate surface area is 175 Å². The van der Waals surface area contributed by atoms with Crippen LogP contribution in [0.5, 0.6) is 0 Å². The van der Waals surface area contributed by atoms with Gasteiger partial charge in [0.25, 0.3) is 5.91 Å². The first-order valence-electron chi connectivity index (χ1n) is 8.33. The van der Waals surface area contributed by atoms with Gasteiger partial charge in [-0.2, -0.15) is 0 Å². The van der Waals surface area contributed by atoms with Gasteiger partial charge in [-0.3, -0.25) is 9.59 Å². The Morgan fingerprint density at radius 3 is 2.52 bits per heavy atom. The van der Waals surface area contributed by atoms with Gasteiger partial charge in [-0.1, -0.05) is 17.7 Å². The molecule has 0 atom stereocenters. The molecule has 0 radical (unpaired) electrons. The molecular weight excluding hydrogens is 416 g/mol. The fourth-order valence-corrected chi connectivity index (χ4v) is 3.33. The third-order valence-corrected chi connectivity index (χ3v) is 5.01. The van der Waals surface area contributed by atoms with Gasteiger partial charge >= 0.3 is 5.97 Å². The van der Waals surface area contributed by atoms with Gasteiger partial charge in [0.2, 0.25) is 5.91 Å². The van der Waals surface area contributed by atoms with Gasteiger partial charge in [-0.15, -0.1) is 11.8 Å². The minimum absolute atomic E-state index is 0.0860. The van der Waals surface area contributed by atoms with Crippen molar-refractivity contribution in [2.75, 3.05) is 16.4 Å². The summed E-state index contributed by atoms with van der Waals surface area (Å²) in [5, 5.41) is 14.5. The summed E-state index contributed by atoms with van der Waals surface area (Å²) in [4.78, 5) is 36.1. The van der Waals surface area contributed by atoms with Crippen molar-refractivity contribution in [1.82, 2.24) is 0 Å². The zero-order chi connectivity index (χ0) is 20.8. The molecular formula is C20H15ClN2O5S. The van der Waals surface area contributed by atoms with Crippen LogP contribution in [-0.2, 0) is 4.79 Å². The first kappa shape index (κ1) is 20.5. The summed E-state index contributed by atoms with van der Waals surface area (Å²) < 4.78 is 5.05. The molecule has 3 rings (SSSR count). The van der Waals surface area contributed by atoms with Gasteiger partial charge in [0.15, 0.2) is 5.76 Å². The number of benzene rings is 2. The quantitative estimate of drug-likeness (QED) is 0.472. The number of aromatic carboxylic acids is 1. The van der Waals surface area contributed by atoms with Crippen LogP contribution in [0.1, 0.15) is 20.9 Å². The molecule has 148 valence electrons. The molecule has 1 heterocycles. The van der Waals surface area contributed by atoms with Crippen LogP contribution in [0, 0.1) is 0 Å². The molecule has 0 unspecified atom stereocenters. The van der Waals surface area contributed by atoms with Crippen molar-refractivity contribution in [3.63, 3.8) is 0 Å². The van der Waals surface area contributed by atoms with Crippen molar-refractivity contribution in [1.29, 1.82) is 0 Å². The summed E-state index contributed by atoms with van der Waals surface area (Å²) in [6.07, 6.45) is 1.42. The molecule has 29 heavy (non-hydrogen) atoms. The molecule has 1 aromatic heterocycles. The van der Waals surface area contributed by atoms with Gasteiger partial charge in [0.1, 0.15) is 0 Å². The summed E-state index contributed by atoms with van der Waals surface area (Å²) in [6.45, 7) is 0. The maximum Gasteiger partial charge on any atom is 0.337 e. The van der Waals surface area contributed by atoms with Crippen molar-refractivity contribution in [2.24, 2.45) is 0 Å². The predicted octanol–water partition coefficient (Wildman–Crippen LogP) is 4.61. The molecule has 3 N–H and O–H groups in total. The summed E-state index contributed by atoms with van der Waals surface area (Å²) >= 11 is 7.09. The lowest BCUT2D eigenvalue weighted by Crippen LogP contribution is -2.14. The second-order valence-electron chi connectivity index (χ2n) is 5.80. The zero-order valence-electron chi connectivity index (χ0n) is 14.8. The Kier molecular flexibility index (Phi) is 6.58. The Hall–Kier alpha value is -3.23. The predicted molar refractivity (Wildman–Crippen MR) is 111 cm³/mol. The average Bonchev–Trinajstić information content (AvgIpc) is 3.23. The zero-order valence-corrected chi connectivity index (χ0v) is 16.4. The molecule has 2 aromatic carbocycles. The lowest BCUT2D eigenvalue weighted by atomic mass is 10.2. The third kappa shape index (κ3) is 5.63. The van der Waals surface area contributed by atoms with E-state index in [1.54, 1.807) is 30.3 Å². The molecule has 7 nitrogen and oxygen atoms in total. The highest BCUT2D eigenvalue weighted by atomic mass is 35.5. The van der Waals surface area contributed by atoms with Gasteiger partial charge in [-0.05, 0) is 48.5 Å². The first-order chi connectivity index (χ1) is 13.9. The highest BCUT2D eigenvalue weighted by molar-refractivity contribution is 8.00. The molecule has 0 aliphatic rings. The highest BCUT2D eigenvalue weighted by Gasteiger charge is 2.12. The minimum atomic E-state index is -1.17. The number of thioether (sulfide) groups is 1. The number of carbonyl (C=O) groups is 3. The maximum absolute atomic E-state index is 12.2. The van der Waals surface area contributed by atoms with Crippen molar-refractivity contribution in [2.45, 2.75) is 4.90 Å². The smallest absolute Gasteiger partial charge is 0.337 e. The Bertz CT molecular complexity index is 1050. The largest absolute Gasteiger partial charge is 0.478 e. The highest BCUT2D eigenvalue weighted by Crippen LogP contribution is 2.24. The molecule has 0 aliphatic carbocycles. The molecule has 0 aliphatic heterocycles. The standard InChI is InChI=1S/C20H15ClN2O5S/c21-16-7-6-13(10-15(16)20(26)27)22-18(24)11-29-14-4-1-3-12(9-14)23-19(25)17-5-2-8-28-17/h1-10H,11H2,(H,22,24)(H,23,25)(H,26,27). The summed E-state index contributed by atoms with van der Waals surface area (Å²) in [7, 11) is 0. The van der Waals surface area contributed by atoms with Crippen molar-refractivity contribution < 1.29 is 23.9 Å². The fourth-order valence-electron chi connectivity index (χ4n) is 2.38. The average molecular weight is 431 g/mol. The molecule has 0 saturated heterocycles. The number of anilines is 2. The molecule has 0 spiro atoms. The number of hydrogen-bond donors (Lipinski definition) is 3. The Morgan fingerprint density at radius 2 is 1.79 bits per heavy atom. The van der Waals surface area contributed by atoms with E-state index < -0.39 is 5.97 Å². The number of carboxylic acid groups (broad SMARTS) is 1. The van der Waals surface area contributed by atoms with Crippen molar-refractivity contribution >= 4 is 52.5 Å². The molecule has 3 aromatic rings.